The predicted octanol–water partition coefficient (Wildman–Crippen LogP) is 3.73. The van der Waals surface area contributed by atoms with Gasteiger partial charge in [0, 0.05) is 30.3 Å². The number of rotatable bonds is 3. The number of hydrogen-bond donors (Lipinski definition) is 1. The summed E-state index contributed by atoms with van der Waals surface area (Å²) >= 11 is 12.1. The van der Waals surface area contributed by atoms with Crippen molar-refractivity contribution in [1.82, 2.24) is 4.98 Å². The third kappa shape index (κ3) is 2.46. The Morgan fingerprint density at radius 3 is 2.71 bits per heavy atom. The second-order valence-electron chi connectivity index (χ2n) is 3.63. The summed E-state index contributed by atoms with van der Waals surface area (Å²) in [5.41, 5.74) is 2.50. The van der Waals surface area contributed by atoms with Gasteiger partial charge in [0.05, 0.1) is 22.8 Å². The molecule has 0 saturated heterocycles. The standard InChI is InChI=1S/C12H12Cl2N2O/c1-15-11-5-8(6-17-2)16-12-9(11)3-7(13)4-10(12)14/h3-5H,6H2,1-2H3,(H,15,16). The molecule has 17 heavy (non-hydrogen) atoms. The van der Waals surface area contributed by atoms with Gasteiger partial charge in [-0.25, -0.2) is 4.98 Å². The summed E-state index contributed by atoms with van der Waals surface area (Å²) in [5, 5.41) is 5.16. The molecule has 1 heterocycles. The number of halogens is 2. The minimum atomic E-state index is 0.448. The first kappa shape index (κ1) is 12.4. The molecule has 0 unspecified atom stereocenters. The Kier molecular flexibility index (Phi) is 3.72. The number of pyridine rings is 1. The summed E-state index contributed by atoms with van der Waals surface area (Å²) in [4.78, 5) is 4.46. The fourth-order valence-electron chi connectivity index (χ4n) is 1.73. The van der Waals surface area contributed by atoms with Crippen LogP contribution in [0.15, 0.2) is 18.2 Å². The summed E-state index contributed by atoms with van der Waals surface area (Å²) in [6.45, 7) is 0.448. The van der Waals surface area contributed by atoms with E-state index in [0.29, 0.717) is 16.7 Å². The lowest BCUT2D eigenvalue weighted by atomic mass is 10.1. The second kappa shape index (κ2) is 5.08. The van der Waals surface area contributed by atoms with E-state index in [1.54, 1.807) is 13.2 Å². The Morgan fingerprint density at radius 1 is 1.29 bits per heavy atom. The van der Waals surface area contributed by atoms with Gasteiger partial charge < -0.3 is 10.1 Å². The van der Waals surface area contributed by atoms with Crippen molar-refractivity contribution in [3.05, 3.63) is 33.9 Å². The summed E-state index contributed by atoms with van der Waals surface area (Å²) in [7, 11) is 3.48. The fourth-order valence-corrected chi connectivity index (χ4v) is 2.27. The summed E-state index contributed by atoms with van der Waals surface area (Å²) in [5.74, 6) is 0. The molecule has 0 fully saturated rings. The van der Waals surface area contributed by atoms with Gasteiger partial charge in [-0.15, -0.1) is 0 Å². The van der Waals surface area contributed by atoms with Gasteiger partial charge in [-0.05, 0) is 18.2 Å². The van der Waals surface area contributed by atoms with Crippen LogP contribution < -0.4 is 5.32 Å². The molecule has 0 radical (unpaired) electrons. The van der Waals surface area contributed by atoms with Crippen molar-refractivity contribution in [1.29, 1.82) is 0 Å². The molecule has 1 N–H and O–H groups in total. The smallest absolute Gasteiger partial charge is 0.0914 e. The molecule has 5 heteroatoms. The van der Waals surface area contributed by atoms with E-state index in [1.165, 1.54) is 0 Å². The summed E-state index contributed by atoms with van der Waals surface area (Å²) in [6.07, 6.45) is 0. The zero-order valence-corrected chi connectivity index (χ0v) is 11.1. The van der Waals surface area contributed by atoms with Crippen LogP contribution in [0.2, 0.25) is 10.0 Å². The van der Waals surface area contributed by atoms with Gasteiger partial charge in [-0.1, -0.05) is 23.2 Å². The quantitative estimate of drug-likeness (QED) is 0.923. The minimum Gasteiger partial charge on any atom is -0.388 e. The van der Waals surface area contributed by atoms with Crippen molar-refractivity contribution in [3.8, 4) is 0 Å². The van der Waals surface area contributed by atoms with E-state index < -0.39 is 0 Å². The van der Waals surface area contributed by atoms with E-state index >= 15 is 0 Å². The van der Waals surface area contributed by atoms with Gasteiger partial charge >= 0.3 is 0 Å². The highest BCUT2D eigenvalue weighted by Crippen LogP contribution is 2.31. The van der Waals surface area contributed by atoms with Gasteiger partial charge in [-0.2, -0.15) is 0 Å². The predicted molar refractivity (Wildman–Crippen MR) is 72.0 cm³/mol. The highest BCUT2D eigenvalue weighted by molar-refractivity contribution is 6.38. The van der Waals surface area contributed by atoms with Crippen LogP contribution in [0.4, 0.5) is 5.69 Å². The highest BCUT2D eigenvalue weighted by Gasteiger charge is 2.09. The molecule has 0 saturated carbocycles. The van der Waals surface area contributed by atoms with Gasteiger partial charge in [0.25, 0.3) is 0 Å². The first-order chi connectivity index (χ1) is 8.15. The van der Waals surface area contributed by atoms with Crippen LogP contribution in [0, 0.1) is 0 Å². The number of hydrogen-bond acceptors (Lipinski definition) is 3. The maximum Gasteiger partial charge on any atom is 0.0914 e. The number of ether oxygens (including phenoxy) is 1. The van der Waals surface area contributed by atoms with Crippen LogP contribution in [0.1, 0.15) is 5.69 Å². The second-order valence-corrected chi connectivity index (χ2v) is 4.47. The number of methoxy groups -OCH3 is 1. The molecule has 0 aliphatic rings. The van der Waals surface area contributed by atoms with Gasteiger partial charge in [0.15, 0.2) is 0 Å². The normalized spacial score (nSPS) is 10.8. The van der Waals surface area contributed by atoms with E-state index in [4.69, 9.17) is 27.9 Å². The number of aromatic nitrogens is 1. The fraction of sp³-hybridized carbons (Fsp3) is 0.250. The Hall–Kier alpha value is -1.03. The molecule has 0 aliphatic carbocycles. The third-order valence-electron chi connectivity index (χ3n) is 2.45. The van der Waals surface area contributed by atoms with Crippen molar-refractivity contribution in [2.24, 2.45) is 0 Å². The van der Waals surface area contributed by atoms with E-state index in [1.807, 2.05) is 19.2 Å². The minimum absolute atomic E-state index is 0.448. The molecule has 0 bridgehead atoms. The van der Waals surface area contributed by atoms with Crippen LogP contribution in [-0.2, 0) is 11.3 Å². The Morgan fingerprint density at radius 2 is 2.06 bits per heavy atom. The number of fused-ring (bicyclic) bond motifs is 1. The number of benzene rings is 1. The zero-order chi connectivity index (χ0) is 12.4. The van der Waals surface area contributed by atoms with Crippen molar-refractivity contribution in [2.75, 3.05) is 19.5 Å². The van der Waals surface area contributed by atoms with E-state index in [9.17, 15) is 0 Å². The zero-order valence-electron chi connectivity index (χ0n) is 9.55. The summed E-state index contributed by atoms with van der Waals surface area (Å²) in [6, 6.07) is 5.46. The molecule has 2 aromatic rings. The molecule has 3 nitrogen and oxygen atoms in total. The molecule has 1 aromatic carbocycles. The average Bonchev–Trinajstić information content (AvgIpc) is 2.29. The largest absolute Gasteiger partial charge is 0.388 e. The number of nitrogens with one attached hydrogen (secondary N) is 1. The van der Waals surface area contributed by atoms with Crippen molar-refractivity contribution < 1.29 is 4.74 Å². The Bertz CT molecular complexity index is 558. The monoisotopic (exact) mass is 270 g/mol. The Labute approximate surface area is 110 Å². The molecule has 0 amide bonds. The van der Waals surface area contributed by atoms with Crippen LogP contribution in [0.25, 0.3) is 10.9 Å². The molecule has 0 spiro atoms. The molecule has 2 rings (SSSR count). The Balaban J connectivity index is 2.73. The SMILES string of the molecule is CNc1cc(COC)nc2c(Cl)cc(Cl)cc12. The first-order valence-corrected chi connectivity index (χ1v) is 5.86. The first-order valence-electron chi connectivity index (χ1n) is 5.11. The van der Waals surface area contributed by atoms with Crippen LogP contribution in [0.5, 0.6) is 0 Å². The third-order valence-corrected chi connectivity index (χ3v) is 2.95. The number of anilines is 1. The van der Waals surface area contributed by atoms with Crippen molar-refractivity contribution >= 4 is 39.8 Å². The van der Waals surface area contributed by atoms with Crippen molar-refractivity contribution in [3.63, 3.8) is 0 Å². The van der Waals surface area contributed by atoms with E-state index in [-0.39, 0.29) is 0 Å². The molecular weight excluding hydrogens is 259 g/mol. The molecule has 90 valence electrons. The van der Waals surface area contributed by atoms with Gasteiger partial charge in [-0.3, -0.25) is 0 Å². The molecule has 0 aliphatic heterocycles. The van der Waals surface area contributed by atoms with Crippen LogP contribution in [0.3, 0.4) is 0 Å². The highest BCUT2D eigenvalue weighted by atomic mass is 35.5. The van der Waals surface area contributed by atoms with Crippen LogP contribution >= 0.6 is 23.2 Å². The lowest BCUT2D eigenvalue weighted by Gasteiger charge is -2.10. The van der Waals surface area contributed by atoms with Crippen molar-refractivity contribution in [2.45, 2.75) is 6.61 Å². The van der Waals surface area contributed by atoms with E-state index in [0.717, 1.165) is 22.3 Å². The lowest BCUT2D eigenvalue weighted by Crippen LogP contribution is -1.98. The topological polar surface area (TPSA) is 34.1 Å². The summed E-state index contributed by atoms with van der Waals surface area (Å²) < 4.78 is 5.08. The van der Waals surface area contributed by atoms with Gasteiger partial charge in [0.1, 0.15) is 0 Å². The maximum atomic E-state index is 6.15. The van der Waals surface area contributed by atoms with Crippen LogP contribution in [-0.4, -0.2) is 19.1 Å². The molecular formula is C12H12Cl2N2O. The molecule has 0 atom stereocenters. The molecule has 1 aromatic heterocycles. The van der Waals surface area contributed by atoms with E-state index in [2.05, 4.69) is 10.3 Å². The lowest BCUT2D eigenvalue weighted by molar-refractivity contribution is 0.182. The maximum absolute atomic E-state index is 6.15. The average molecular weight is 271 g/mol. The number of nitrogens with zero attached hydrogens (tertiary/aromatic N) is 1. The van der Waals surface area contributed by atoms with Gasteiger partial charge in [0.2, 0.25) is 0 Å².